The van der Waals surface area contributed by atoms with Crippen molar-refractivity contribution in [2.45, 2.75) is 19.0 Å². The van der Waals surface area contributed by atoms with E-state index < -0.39 is 25.0 Å². The largest absolute Gasteiger partial charge is 0.397 e. The van der Waals surface area contributed by atoms with Gasteiger partial charge in [-0.05, 0) is 30.4 Å². The van der Waals surface area contributed by atoms with Crippen LogP contribution in [-0.4, -0.2) is 31.7 Å². The maximum Gasteiger partial charge on any atom is 0.390 e. The molecule has 1 amide bonds. The van der Waals surface area contributed by atoms with Crippen LogP contribution >= 0.6 is 0 Å². The number of nitrogens with two attached hydrogens (primary N) is 2. The maximum absolute atomic E-state index is 12.3. The summed E-state index contributed by atoms with van der Waals surface area (Å²) in [4.78, 5) is 14.3. The van der Waals surface area contributed by atoms with Crippen molar-refractivity contribution in [3.05, 3.63) is 17.7 Å². The summed E-state index contributed by atoms with van der Waals surface area (Å²) in [5.41, 5.74) is 13.1. The number of nitrogen functional groups attached to an aromatic ring is 2. The summed E-state index contributed by atoms with van der Waals surface area (Å²) in [6, 6.07) is 3.08. The molecule has 5 nitrogen and oxygen atoms in total. The molecule has 0 radical (unpaired) electrons. The van der Waals surface area contributed by atoms with Crippen molar-refractivity contribution >= 4 is 23.0 Å². The Morgan fingerprint density at radius 1 is 1.22 bits per heavy atom. The fourth-order valence-electron chi connectivity index (χ4n) is 3.07. The lowest BCUT2D eigenvalue weighted by Gasteiger charge is -2.24. The lowest BCUT2D eigenvalue weighted by atomic mass is 10.1. The van der Waals surface area contributed by atoms with E-state index in [0.717, 1.165) is 13.1 Å². The number of carbonyl (C=O) groups excluding carboxylic acids is 1. The molecule has 2 fully saturated rings. The molecule has 8 heteroatoms. The average Bonchev–Trinajstić information content (AvgIpc) is 3.06. The first kappa shape index (κ1) is 15.8. The minimum absolute atomic E-state index is 0.249. The van der Waals surface area contributed by atoms with Gasteiger partial charge in [0, 0.05) is 19.6 Å². The number of nitrogens with one attached hydrogen (secondary N) is 1. The molecule has 1 aliphatic heterocycles. The minimum Gasteiger partial charge on any atom is -0.397 e. The van der Waals surface area contributed by atoms with E-state index in [1.165, 1.54) is 12.5 Å². The molecule has 2 aliphatic rings. The van der Waals surface area contributed by atoms with Crippen molar-refractivity contribution in [3.8, 4) is 0 Å². The molecule has 0 spiro atoms. The van der Waals surface area contributed by atoms with Gasteiger partial charge in [0.2, 0.25) is 0 Å². The summed E-state index contributed by atoms with van der Waals surface area (Å²) >= 11 is 0. The zero-order chi connectivity index (χ0) is 16.8. The molecule has 3 rings (SSSR count). The van der Waals surface area contributed by atoms with E-state index in [-0.39, 0.29) is 11.3 Å². The highest BCUT2D eigenvalue weighted by atomic mass is 19.4. The third-order valence-electron chi connectivity index (χ3n) is 4.46. The topological polar surface area (TPSA) is 84.4 Å². The predicted molar refractivity (Wildman–Crippen MR) is 82.1 cm³/mol. The summed E-state index contributed by atoms with van der Waals surface area (Å²) in [5, 5.41) is 2.31. The number of rotatable bonds is 4. The number of hydrogen-bond acceptors (Lipinski definition) is 4. The summed E-state index contributed by atoms with van der Waals surface area (Å²) < 4.78 is 36.6. The number of benzene rings is 1. The highest BCUT2D eigenvalue weighted by molar-refractivity contribution is 6.02. The van der Waals surface area contributed by atoms with Gasteiger partial charge in [0.1, 0.15) is 0 Å². The van der Waals surface area contributed by atoms with Crippen molar-refractivity contribution in [2.24, 2.45) is 11.8 Å². The van der Waals surface area contributed by atoms with Gasteiger partial charge in [0.25, 0.3) is 5.91 Å². The van der Waals surface area contributed by atoms with Crippen molar-refractivity contribution in [1.29, 1.82) is 0 Å². The zero-order valence-electron chi connectivity index (χ0n) is 12.5. The van der Waals surface area contributed by atoms with Crippen LogP contribution in [0.5, 0.6) is 0 Å². The molecule has 1 aliphatic carbocycles. The van der Waals surface area contributed by atoms with Gasteiger partial charge in [-0.3, -0.25) is 4.79 Å². The Morgan fingerprint density at radius 3 is 2.43 bits per heavy atom. The Balaban J connectivity index is 1.76. The van der Waals surface area contributed by atoms with Crippen molar-refractivity contribution in [2.75, 3.05) is 36.0 Å². The van der Waals surface area contributed by atoms with Crippen LogP contribution < -0.4 is 21.7 Å². The monoisotopic (exact) mass is 328 g/mol. The van der Waals surface area contributed by atoms with Crippen LogP contribution in [0.25, 0.3) is 0 Å². The molecule has 2 unspecified atom stereocenters. The highest BCUT2D eigenvalue weighted by Gasteiger charge is 2.45. The third kappa shape index (κ3) is 3.46. The second kappa shape index (κ2) is 5.50. The Labute approximate surface area is 131 Å². The number of hydrogen-bond donors (Lipinski definition) is 3. The number of carbonyl (C=O) groups is 1. The van der Waals surface area contributed by atoms with E-state index in [1.807, 2.05) is 0 Å². The molecule has 23 heavy (non-hydrogen) atoms. The first-order chi connectivity index (χ1) is 10.7. The van der Waals surface area contributed by atoms with Crippen molar-refractivity contribution < 1.29 is 18.0 Å². The van der Waals surface area contributed by atoms with E-state index in [0.29, 0.717) is 23.2 Å². The number of piperidine rings is 1. The van der Waals surface area contributed by atoms with E-state index >= 15 is 0 Å². The van der Waals surface area contributed by atoms with Crippen LogP contribution in [0.15, 0.2) is 12.1 Å². The molecule has 1 aromatic carbocycles. The van der Waals surface area contributed by atoms with Crippen LogP contribution in [-0.2, 0) is 0 Å². The SMILES string of the molecule is Nc1cc(C(=O)NCCC(F)(F)F)c(N2CC3CC3C2)cc1N. The molecule has 1 saturated carbocycles. The molecule has 0 bridgehead atoms. The van der Waals surface area contributed by atoms with Crippen LogP contribution in [0, 0.1) is 11.8 Å². The second-order valence-electron chi connectivity index (χ2n) is 6.28. The first-order valence-corrected chi connectivity index (χ1v) is 7.53. The van der Waals surface area contributed by atoms with Crippen LogP contribution in [0.1, 0.15) is 23.2 Å². The lowest BCUT2D eigenvalue weighted by Crippen LogP contribution is -2.31. The van der Waals surface area contributed by atoms with Gasteiger partial charge >= 0.3 is 6.18 Å². The predicted octanol–water partition coefficient (Wildman–Crippen LogP) is 1.99. The number of anilines is 3. The quantitative estimate of drug-likeness (QED) is 0.738. The first-order valence-electron chi connectivity index (χ1n) is 7.53. The van der Waals surface area contributed by atoms with Gasteiger partial charge in [-0.15, -0.1) is 0 Å². The number of amides is 1. The minimum atomic E-state index is -4.30. The fraction of sp³-hybridized carbons (Fsp3) is 0.533. The number of alkyl halides is 3. The Hall–Kier alpha value is -2.12. The Bertz CT molecular complexity index is 622. The van der Waals surface area contributed by atoms with Crippen molar-refractivity contribution in [1.82, 2.24) is 5.32 Å². The molecule has 5 N–H and O–H groups in total. The van der Waals surface area contributed by atoms with Gasteiger partial charge in [0.15, 0.2) is 0 Å². The number of halogens is 3. The Kier molecular flexibility index (Phi) is 3.77. The second-order valence-corrected chi connectivity index (χ2v) is 6.28. The summed E-state index contributed by atoms with van der Waals surface area (Å²) in [6.45, 7) is 1.23. The summed E-state index contributed by atoms with van der Waals surface area (Å²) in [7, 11) is 0. The van der Waals surface area contributed by atoms with E-state index in [2.05, 4.69) is 10.2 Å². The van der Waals surface area contributed by atoms with Gasteiger partial charge in [0.05, 0.1) is 29.0 Å². The smallest absolute Gasteiger partial charge is 0.390 e. The maximum atomic E-state index is 12.3. The molecule has 2 atom stereocenters. The molecule has 126 valence electrons. The molecule has 1 saturated heterocycles. The van der Waals surface area contributed by atoms with Crippen LogP contribution in [0.4, 0.5) is 30.2 Å². The number of nitrogens with zero attached hydrogens (tertiary/aromatic N) is 1. The standard InChI is InChI=1S/C15H19F3N4O/c16-15(17,18)1-2-21-14(23)10-4-11(19)12(20)5-13(10)22-6-8-3-9(8)7-22/h4-5,8-9H,1-3,6-7,19-20H2,(H,21,23). The molecular weight excluding hydrogens is 309 g/mol. The molecular formula is C15H19F3N4O. The normalized spacial score (nSPS) is 22.8. The number of fused-ring (bicyclic) bond motifs is 1. The van der Waals surface area contributed by atoms with E-state index in [9.17, 15) is 18.0 Å². The molecule has 1 heterocycles. The van der Waals surface area contributed by atoms with Crippen LogP contribution in [0.3, 0.4) is 0 Å². The van der Waals surface area contributed by atoms with Crippen LogP contribution in [0.2, 0.25) is 0 Å². The van der Waals surface area contributed by atoms with Gasteiger partial charge < -0.3 is 21.7 Å². The van der Waals surface area contributed by atoms with E-state index in [1.54, 1.807) is 6.07 Å². The fourth-order valence-corrected chi connectivity index (χ4v) is 3.07. The average molecular weight is 328 g/mol. The Morgan fingerprint density at radius 2 is 1.83 bits per heavy atom. The summed E-state index contributed by atoms with van der Waals surface area (Å²) in [6.07, 6.45) is -4.16. The highest BCUT2D eigenvalue weighted by Crippen LogP contribution is 2.47. The van der Waals surface area contributed by atoms with Gasteiger partial charge in [-0.1, -0.05) is 0 Å². The zero-order valence-corrected chi connectivity index (χ0v) is 12.5. The molecule has 1 aromatic rings. The van der Waals surface area contributed by atoms with E-state index in [4.69, 9.17) is 11.5 Å². The van der Waals surface area contributed by atoms with Gasteiger partial charge in [-0.25, -0.2) is 0 Å². The van der Waals surface area contributed by atoms with Gasteiger partial charge in [-0.2, -0.15) is 13.2 Å². The molecule has 0 aromatic heterocycles. The van der Waals surface area contributed by atoms with Crippen molar-refractivity contribution in [3.63, 3.8) is 0 Å². The lowest BCUT2D eigenvalue weighted by molar-refractivity contribution is -0.132. The third-order valence-corrected chi connectivity index (χ3v) is 4.46. The summed E-state index contributed by atoms with van der Waals surface area (Å²) in [5.74, 6) is 0.737.